The lowest BCUT2D eigenvalue weighted by Gasteiger charge is -2.10. The van der Waals surface area contributed by atoms with Gasteiger partial charge in [0.25, 0.3) is 10.0 Å². The smallest absolute Gasteiger partial charge is 0.264 e. The van der Waals surface area contributed by atoms with Crippen LogP contribution in [-0.2, 0) is 10.0 Å². The highest BCUT2D eigenvalue weighted by Gasteiger charge is 2.21. The van der Waals surface area contributed by atoms with Gasteiger partial charge in [0, 0.05) is 5.69 Å². The molecule has 0 aliphatic heterocycles. The molecule has 0 saturated carbocycles. The third-order valence-corrected chi connectivity index (χ3v) is 3.89. The maximum Gasteiger partial charge on any atom is 0.264 e. The molecule has 0 radical (unpaired) electrons. The van der Waals surface area contributed by atoms with Gasteiger partial charge in [0.15, 0.2) is 0 Å². The molecule has 0 aliphatic rings. The summed E-state index contributed by atoms with van der Waals surface area (Å²) in [6.45, 7) is 1.41. The Morgan fingerprint density at radius 3 is 2.55 bits per heavy atom. The number of pyridine rings is 1. The van der Waals surface area contributed by atoms with E-state index in [9.17, 15) is 17.2 Å². The predicted octanol–water partition coefficient (Wildman–Crippen LogP) is 2.05. The van der Waals surface area contributed by atoms with Gasteiger partial charge in [0.2, 0.25) is 5.95 Å². The van der Waals surface area contributed by atoms with E-state index in [1.807, 2.05) is 0 Å². The summed E-state index contributed by atoms with van der Waals surface area (Å²) in [6.07, 6.45) is 0.990. The lowest BCUT2D eigenvalue weighted by atomic mass is 10.2. The molecule has 0 atom stereocenters. The molecule has 8 heteroatoms. The Morgan fingerprint density at radius 2 is 1.95 bits per heavy atom. The van der Waals surface area contributed by atoms with Crippen molar-refractivity contribution >= 4 is 21.4 Å². The van der Waals surface area contributed by atoms with Crippen molar-refractivity contribution in [1.82, 2.24) is 4.98 Å². The molecule has 0 saturated heterocycles. The fraction of sp³-hybridized carbons (Fsp3) is 0.0833. The Labute approximate surface area is 114 Å². The first kappa shape index (κ1) is 14.2. The zero-order valence-electron chi connectivity index (χ0n) is 10.4. The number of halogens is 2. The molecule has 5 nitrogen and oxygen atoms in total. The molecule has 1 heterocycles. The number of sulfonamides is 1. The predicted molar refractivity (Wildman–Crippen MR) is 70.6 cm³/mol. The average molecular weight is 299 g/mol. The van der Waals surface area contributed by atoms with Crippen LogP contribution in [-0.4, -0.2) is 13.4 Å². The number of nitrogens with one attached hydrogen (secondary N) is 1. The van der Waals surface area contributed by atoms with E-state index < -0.39 is 26.7 Å². The summed E-state index contributed by atoms with van der Waals surface area (Å²) < 4.78 is 52.8. The molecule has 0 unspecified atom stereocenters. The normalized spacial score (nSPS) is 11.3. The van der Waals surface area contributed by atoms with E-state index in [0.717, 1.165) is 18.3 Å². The molecule has 1 aromatic carbocycles. The van der Waals surface area contributed by atoms with Gasteiger partial charge in [0.05, 0.1) is 11.9 Å². The number of nitrogens with two attached hydrogens (primary N) is 1. The van der Waals surface area contributed by atoms with Crippen molar-refractivity contribution < 1.29 is 17.2 Å². The standard InChI is InChI=1S/C12H11F2N3O2S/c1-7-4-8(15)5-10(12(7)14)20(18,19)17-9-2-3-11(13)16-6-9/h2-6,17H,15H2,1H3. The molecule has 2 rings (SSSR count). The average Bonchev–Trinajstić information content (AvgIpc) is 2.36. The number of nitrogens with zero attached hydrogens (tertiary/aromatic N) is 1. The molecule has 106 valence electrons. The van der Waals surface area contributed by atoms with E-state index in [0.29, 0.717) is 0 Å². The minimum Gasteiger partial charge on any atom is -0.399 e. The van der Waals surface area contributed by atoms with Crippen LogP contribution < -0.4 is 10.5 Å². The maximum absolute atomic E-state index is 13.9. The molecule has 1 aromatic heterocycles. The highest BCUT2D eigenvalue weighted by Crippen LogP contribution is 2.23. The number of aryl methyl sites for hydroxylation is 1. The van der Waals surface area contributed by atoms with Gasteiger partial charge in [0.1, 0.15) is 10.7 Å². The van der Waals surface area contributed by atoms with E-state index >= 15 is 0 Å². The van der Waals surface area contributed by atoms with Crippen LogP contribution in [0.3, 0.4) is 0 Å². The van der Waals surface area contributed by atoms with E-state index in [1.165, 1.54) is 19.1 Å². The van der Waals surface area contributed by atoms with E-state index in [1.54, 1.807) is 0 Å². The second-order valence-electron chi connectivity index (χ2n) is 4.13. The van der Waals surface area contributed by atoms with Gasteiger partial charge in [-0.15, -0.1) is 0 Å². The molecular weight excluding hydrogens is 288 g/mol. The van der Waals surface area contributed by atoms with Crippen LogP contribution in [0.2, 0.25) is 0 Å². The lowest BCUT2D eigenvalue weighted by Crippen LogP contribution is -2.16. The van der Waals surface area contributed by atoms with Crippen molar-refractivity contribution in [3.8, 4) is 0 Å². The van der Waals surface area contributed by atoms with Crippen molar-refractivity contribution in [3.63, 3.8) is 0 Å². The fourth-order valence-corrected chi connectivity index (χ4v) is 2.84. The number of nitrogen functional groups attached to an aromatic ring is 1. The number of anilines is 2. The second-order valence-corrected chi connectivity index (χ2v) is 5.78. The molecule has 3 N–H and O–H groups in total. The van der Waals surface area contributed by atoms with Crippen LogP contribution >= 0.6 is 0 Å². The summed E-state index contributed by atoms with van der Waals surface area (Å²) in [4.78, 5) is 2.73. The molecule has 0 spiro atoms. The largest absolute Gasteiger partial charge is 0.399 e. The van der Waals surface area contributed by atoms with Crippen LogP contribution in [0.4, 0.5) is 20.2 Å². The first-order valence-electron chi connectivity index (χ1n) is 5.49. The zero-order chi connectivity index (χ0) is 14.9. The number of aromatic nitrogens is 1. The Hall–Kier alpha value is -2.22. The van der Waals surface area contributed by atoms with Gasteiger partial charge in [-0.1, -0.05) is 0 Å². The molecular formula is C12H11F2N3O2S. The Bertz CT molecular complexity index is 746. The molecule has 0 bridgehead atoms. The van der Waals surface area contributed by atoms with Crippen molar-refractivity contribution in [1.29, 1.82) is 0 Å². The summed E-state index contributed by atoms with van der Waals surface area (Å²) in [5.74, 6) is -1.64. The van der Waals surface area contributed by atoms with Gasteiger partial charge in [-0.3, -0.25) is 4.72 Å². The van der Waals surface area contributed by atoms with E-state index in [-0.39, 0.29) is 16.9 Å². The molecule has 20 heavy (non-hydrogen) atoms. The number of hydrogen-bond donors (Lipinski definition) is 2. The van der Waals surface area contributed by atoms with Crippen molar-refractivity contribution in [3.05, 3.63) is 47.8 Å². The van der Waals surface area contributed by atoms with Gasteiger partial charge in [-0.2, -0.15) is 4.39 Å². The van der Waals surface area contributed by atoms with Crippen LogP contribution in [0.25, 0.3) is 0 Å². The first-order valence-corrected chi connectivity index (χ1v) is 6.98. The van der Waals surface area contributed by atoms with Gasteiger partial charge in [-0.25, -0.2) is 17.8 Å². The van der Waals surface area contributed by atoms with E-state index in [4.69, 9.17) is 5.73 Å². The van der Waals surface area contributed by atoms with Crippen LogP contribution in [0.1, 0.15) is 5.56 Å². The number of benzene rings is 1. The van der Waals surface area contributed by atoms with Crippen molar-refractivity contribution in [2.24, 2.45) is 0 Å². The Balaban J connectivity index is 2.43. The van der Waals surface area contributed by atoms with Gasteiger partial charge >= 0.3 is 0 Å². The van der Waals surface area contributed by atoms with Crippen molar-refractivity contribution in [2.75, 3.05) is 10.5 Å². The van der Waals surface area contributed by atoms with Crippen molar-refractivity contribution in [2.45, 2.75) is 11.8 Å². The number of hydrogen-bond acceptors (Lipinski definition) is 4. The third-order valence-electron chi connectivity index (χ3n) is 2.51. The number of rotatable bonds is 3. The lowest BCUT2D eigenvalue weighted by molar-refractivity contribution is 0.565. The van der Waals surface area contributed by atoms with E-state index in [2.05, 4.69) is 9.71 Å². The quantitative estimate of drug-likeness (QED) is 0.671. The SMILES string of the molecule is Cc1cc(N)cc(S(=O)(=O)Nc2ccc(F)nc2)c1F. The monoisotopic (exact) mass is 299 g/mol. The van der Waals surface area contributed by atoms with Gasteiger partial charge < -0.3 is 5.73 Å². The molecule has 0 amide bonds. The molecule has 0 aliphatic carbocycles. The topological polar surface area (TPSA) is 85.1 Å². The first-order chi connectivity index (χ1) is 9.29. The summed E-state index contributed by atoms with van der Waals surface area (Å²) in [6, 6.07) is 4.51. The Morgan fingerprint density at radius 1 is 1.25 bits per heavy atom. The summed E-state index contributed by atoms with van der Waals surface area (Å²) in [7, 11) is -4.17. The fourth-order valence-electron chi connectivity index (χ4n) is 1.61. The third kappa shape index (κ3) is 2.85. The summed E-state index contributed by atoms with van der Waals surface area (Å²) >= 11 is 0. The molecule has 2 aromatic rings. The molecule has 0 fully saturated rings. The minimum absolute atomic E-state index is 0.0193. The summed E-state index contributed by atoms with van der Waals surface area (Å²) in [5.41, 5.74) is 5.78. The zero-order valence-corrected chi connectivity index (χ0v) is 11.2. The van der Waals surface area contributed by atoms with Gasteiger partial charge in [-0.05, 0) is 36.8 Å². The second kappa shape index (κ2) is 5.04. The summed E-state index contributed by atoms with van der Waals surface area (Å²) in [5, 5.41) is 0. The minimum atomic E-state index is -4.17. The van der Waals surface area contributed by atoms with Crippen LogP contribution in [0.15, 0.2) is 35.4 Å². The van der Waals surface area contributed by atoms with Crippen LogP contribution in [0, 0.1) is 18.7 Å². The highest BCUT2D eigenvalue weighted by atomic mass is 32.2. The highest BCUT2D eigenvalue weighted by molar-refractivity contribution is 7.92. The Kier molecular flexibility index (Phi) is 3.58. The van der Waals surface area contributed by atoms with Crippen LogP contribution in [0.5, 0.6) is 0 Å². The maximum atomic E-state index is 13.9.